The summed E-state index contributed by atoms with van der Waals surface area (Å²) >= 11 is 0. The van der Waals surface area contributed by atoms with Crippen molar-refractivity contribution >= 4 is 6.08 Å². The molecule has 0 saturated carbocycles. The van der Waals surface area contributed by atoms with Crippen LogP contribution in [0.15, 0.2) is 24.3 Å². The van der Waals surface area contributed by atoms with Gasteiger partial charge in [0.05, 0.1) is 18.8 Å². The van der Waals surface area contributed by atoms with Gasteiger partial charge in [0.15, 0.2) is 0 Å². The lowest BCUT2D eigenvalue weighted by Crippen LogP contribution is -2.31. The normalized spacial score (nSPS) is 17.9. The molecular formula is C17H26O3. The molecule has 0 aliphatic carbocycles. The minimum Gasteiger partial charge on any atom is -0.393 e. The van der Waals surface area contributed by atoms with Crippen LogP contribution in [-0.2, 0) is 0 Å². The molecule has 20 heavy (non-hydrogen) atoms. The Kier molecular flexibility index (Phi) is 6.40. The van der Waals surface area contributed by atoms with Gasteiger partial charge in [-0.2, -0.15) is 0 Å². The molecule has 0 amide bonds. The van der Waals surface area contributed by atoms with Crippen LogP contribution < -0.4 is 0 Å². The van der Waals surface area contributed by atoms with E-state index in [0.717, 1.165) is 16.7 Å². The van der Waals surface area contributed by atoms with Gasteiger partial charge >= 0.3 is 0 Å². The van der Waals surface area contributed by atoms with Gasteiger partial charge in [0.2, 0.25) is 0 Å². The second kappa shape index (κ2) is 7.58. The average Bonchev–Trinajstić information content (AvgIpc) is 2.42. The first-order valence-corrected chi connectivity index (χ1v) is 7.12. The Hall–Kier alpha value is -1.16. The van der Waals surface area contributed by atoms with Crippen LogP contribution in [0.2, 0.25) is 0 Å². The summed E-state index contributed by atoms with van der Waals surface area (Å²) in [5, 5.41) is 29.0. The lowest BCUT2D eigenvalue weighted by atomic mass is 9.83. The fraction of sp³-hybridized carbons (Fsp3) is 0.529. The van der Waals surface area contributed by atoms with Crippen molar-refractivity contribution in [3.8, 4) is 0 Å². The molecule has 0 saturated heterocycles. The molecule has 1 rings (SSSR count). The van der Waals surface area contributed by atoms with E-state index < -0.39 is 12.2 Å². The van der Waals surface area contributed by atoms with Crippen molar-refractivity contribution in [2.75, 3.05) is 6.61 Å². The molecule has 3 N–H and O–H groups in total. The van der Waals surface area contributed by atoms with E-state index in [0.29, 0.717) is 0 Å². The van der Waals surface area contributed by atoms with Gasteiger partial charge in [-0.05, 0) is 25.0 Å². The summed E-state index contributed by atoms with van der Waals surface area (Å²) in [7, 11) is 0. The summed E-state index contributed by atoms with van der Waals surface area (Å²) in [6.07, 6.45) is 2.40. The summed E-state index contributed by atoms with van der Waals surface area (Å²) < 4.78 is 0. The fourth-order valence-corrected chi connectivity index (χ4v) is 2.36. The van der Waals surface area contributed by atoms with Crippen LogP contribution in [-0.4, -0.2) is 34.1 Å². The van der Waals surface area contributed by atoms with Crippen LogP contribution in [0.25, 0.3) is 6.08 Å². The highest BCUT2D eigenvalue weighted by Gasteiger charge is 2.26. The summed E-state index contributed by atoms with van der Waals surface area (Å²) in [5.74, 6) is -0.278. The summed E-state index contributed by atoms with van der Waals surface area (Å²) in [4.78, 5) is 0. The molecule has 3 nitrogen and oxygen atoms in total. The van der Waals surface area contributed by atoms with E-state index in [9.17, 15) is 10.2 Å². The van der Waals surface area contributed by atoms with Crippen molar-refractivity contribution in [2.24, 2.45) is 5.92 Å². The molecule has 0 spiro atoms. The number of hydrogen-bond donors (Lipinski definition) is 3. The number of aryl methyl sites for hydroxylation is 1. The van der Waals surface area contributed by atoms with E-state index in [1.54, 1.807) is 13.0 Å². The molecular weight excluding hydrogens is 252 g/mol. The van der Waals surface area contributed by atoms with Gasteiger partial charge in [-0.15, -0.1) is 0 Å². The van der Waals surface area contributed by atoms with Gasteiger partial charge in [0.25, 0.3) is 0 Å². The predicted octanol–water partition coefficient (Wildman–Crippen LogP) is 2.48. The molecule has 4 unspecified atom stereocenters. The molecule has 3 heteroatoms. The molecule has 112 valence electrons. The Bertz CT molecular complexity index is 452. The molecule has 4 atom stereocenters. The fourth-order valence-electron chi connectivity index (χ4n) is 2.36. The van der Waals surface area contributed by atoms with Crippen molar-refractivity contribution in [3.05, 3.63) is 41.0 Å². The lowest BCUT2D eigenvalue weighted by molar-refractivity contribution is 0.0190. The maximum absolute atomic E-state index is 10.4. The zero-order valence-electron chi connectivity index (χ0n) is 12.7. The second-order valence-electron chi connectivity index (χ2n) is 5.60. The molecule has 0 aromatic heterocycles. The summed E-state index contributed by atoms with van der Waals surface area (Å²) in [5.41, 5.74) is 3.17. The monoisotopic (exact) mass is 278 g/mol. The first-order chi connectivity index (χ1) is 9.38. The number of aliphatic hydroxyl groups excluding tert-OH is 3. The molecule has 1 aromatic rings. The molecule has 0 aliphatic heterocycles. The van der Waals surface area contributed by atoms with E-state index in [2.05, 4.69) is 0 Å². The Balaban J connectivity index is 3.08. The van der Waals surface area contributed by atoms with E-state index in [4.69, 9.17) is 5.11 Å². The Morgan fingerprint density at radius 1 is 1.15 bits per heavy atom. The lowest BCUT2D eigenvalue weighted by Gasteiger charge is -2.28. The average molecular weight is 278 g/mol. The van der Waals surface area contributed by atoms with Gasteiger partial charge in [0.1, 0.15) is 0 Å². The van der Waals surface area contributed by atoms with Crippen molar-refractivity contribution in [1.82, 2.24) is 0 Å². The highest BCUT2D eigenvalue weighted by molar-refractivity contribution is 5.56. The number of rotatable bonds is 6. The largest absolute Gasteiger partial charge is 0.393 e. The highest BCUT2D eigenvalue weighted by atomic mass is 16.3. The van der Waals surface area contributed by atoms with Crippen LogP contribution in [0.3, 0.4) is 0 Å². The Morgan fingerprint density at radius 2 is 1.80 bits per heavy atom. The van der Waals surface area contributed by atoms with Gasteiger partial charge in [-0.25, -0.2) is 0 Å². The van der Waals surface area contributed by atoms with Gasteiger partial charge in [-0.3, -0.25) is 0 Å². The van der Waals surface area contributed by atoms with Crippen molar-refractivity contribution in [1.29, 1.82) is 0 Å². The van der Waals surface area contributed by atoms with E-state index in [1.807, 2.05) is 45.0 Å². The number of aliphatic hydroxyl groups is 3. The molecule has 0 heterocycles. The van der Waals surface area contributed by atoms with Crippen LogP contribution >= 0.6 is 0 Å². The zero-order chi connectivity index (χ0) is 15.3. The van der Waals surface area contributed by atoms with Crippen molar-refractivity contribution in [2.45, 2.75) is 45.8 Å². The van der Waals surface area contributed by atoms with Crippen LogP contribution in [0.4, 0.5) is 0 Å². The quantitative estimate of drug-likeness (QED) is 0.749. The smallest absolute Gasteiger partial charge is 0.0656 e. The first-order valence-electron chi connectivity index (χ1n) is 7.12. The molecule has 1 aromatic carbocycles. The van der Waals surface area contributed by atoms with Gasteiger partial charge in [0, 0.05) is 11.8 Å². The van der Waals surface area contributed by atoms with Crippen molar-refractivity contribution in [3.63, 3.8) is 0 Å². The SMILES string of the molecule is Cc1ccc(C(C)C(O)C(C)C(C)O)c(C=CCO)c1. The Morgan fingerprint density at radius 3 is 2.35 bits per heavy atom. The molecule has 0 radical (unpaired) electrons. The van der Waals surface area contributed by atoms with Crippen molar-refractivity contribution < 1.29 is 15.3 Å². The van der Waals surface area contributed by atoms with Crippen LogP contribution in [0.1, 0.15) is 43.4 Å². The third-order valence-electron chi connectivity index (χ3n) is 3.95. The molecule has 0 bridgehead atoms. The summed E-state index contributed by atoms with van der Waals surface area (Å²) in [6.45, 7) is 7.52. The van der Waals surface area contributed by atoms with Crippen LogP contribution in [0.5, 0.6) is 0 Å². The van der Waals surface area contributed by atoms with Crippen LogP contribution in [0, 0.1) is 12.8 Å². The third-order valence-corrected chi connectivity index (χ3v) is 3.95. The number of benzene rings is 1. The van der Waals surface area contributed by atoms with E-state index in [1.165, 1.54) is 0 Å². The molecule has 0 fully saturated rings. The topological polar surface area (TPSA) is 60.7 Å². The van der Waals surface area contributed by atoms with E-state index in [-0.39, 0.29) is 18.4 Å². The third kappa shape index (κ3) is 4.17. The summed E-state index contributed by atoms with van der Waals surface area (Å²) in [6, 6.07) is 6.06. The van der Waals surface area contributed by atoms with Gasteiger partial charge in [-0.1, -0.05) is 49.8 Å². The van der Waals surface area contributed by atoms with E-state index >= 15 is 0 Å². The first kappa shape index (κ1) is 16.9. The minimum absolute atomic E-state index is 0.00556. The minimum atomic E-state index is -0.612. The Labute approximate surface area is 121 Å². The zero-order valence-corrected chi connectivity index (χ0v) is 12.7. The highest BCUT2D eigenvalue weighted by Crippen LogP contribution is 2.29. The van der Waals surface area contributed by atoms with Gasteiger partial charge < -0.3 is 15.3 Å². The number of hydrogen-bond acceptors (Lipinski definition) is 3. The maximum Gasteiger partial charge on any atom is 0.0656 e. The second-order valence-corrected chi connectivity index (χ2v) is 5.60. The maximum atomic E-state index is 10.4. The standard InChI is InChI=1S/C17H26O3/c1-11-7-8-16(15(10-11)6-5-9-18)13(3)17(20)12(2)14(4)19/h5-8,10,12-14,17-20H,9H2,1-4H3. The molecule has 0 aliphatic rings. The predicted molar refractivity (Wildman–Crippen MR) is 82.6 cm³/mol.